The normalized spacial score (nSPS) is 12.4. The third kappa shape index (κ3) is 3.11. The van der Waals surface area contributed by atoms with Crippen LogP contribution in [0.25, 0.3) is 11.0 Å². The number of aliphatic carboxylic acids is 1. The Morgan fingerprint density at radius 2 is 1.90 bits per heavy atom. The molecule has 1 unspecified atom stereocenters. The molecule has 1 atom stereocenters. The SMILES string of the molecule is NC(COCC(=O)O)c1ccc2[nH]c(=O)c(=O)[nH]c2c1. The molecule has 1 heterocycles. The van der Waals surface area contributed by atoms with Gasteiger partial charge in [-0.3, -0.25) is 9.59 Å². The van der Waals surface area contributed by atoms with Gasteiger partial charge in [0.2, 0.25) is 0 Å². The standard InChI is InChI=1S/C12H13N3O5/c13-7(4-20-5-10(16)17)6-1-2-8-9(3-6)15-12(19)11(18)14-8/h1-3,7H,4-5,13H2,(H,14,18)(H,15,19)(H,16,17). The van der Waals surface area contributed by atoms with Gasteiger partial charge in [0, 0.05) is 0 Å². The average molecular weight is 279 g/mol. The number of carboxylic acids is 1. The first-order valence-corrected chi connectivity index (χ1v) is 5.79. The summed E-state index contributed by atoms with van der Waals surface area (Å²) in [5.74, 6) is -1.07. The molecule has 0 aliphatic carbocycles. The van der Waals surface area contributed by atoms with Crippen LogP contribution in [-0.4, -0.2) is 34.3 Å². The highest BCUT2D eigenvalue weighted by Crippen LogP contribution is 2.15. The number of rotatable bonds is 5. The van der Waals surface area contributed by atoms with Gasteiger partial charge in [0.15, 0.2) is 0 Å². The Balaban J connectivity index is 2.22. The van der Waals surface area contributed by atoms with Crippen molar-refractivity contribution in [3.05, 3.63) is 44.5 Å². The van der Waals surface area contributed by atoms with Crippen molar-refractivity contribution in [1.82, 2.24) is 9.97 Å². The molecule has 0 radical (unpaired) electrons. The smallest absolute Gasteiger partial charge is 0.329 e. The van der Waals surface area contributed by atoms with E-state index in [4.69, 9.17) is 15.6 Å². The molecular weight excluding hydrogens is 266 g/mol. The molecule has 8 nitrogen and oxygen atoms in total. The van der Waals surface area contributed by atoms with Crippen LogP contribution in [0.5, 0.6) is 0 Å². The molecule has 2 rings (SSSR count). The van der Waals surface area contributed by atoms with E-state index in [1.165, 1.54) is 0 Å². The summed E-state index contributed by atoms with van der Waals surface area (Å²) in [6.45, 7) is -0.392. The molecule has 2 aromatic rings. The molecule has 0 amide bonds. The lowest BCUT2D eigenvalue weighted by Gasteiger charge is -2.12. The van der Waals surface area contributed by atoms with Gasteiger partial charge in [-0.15, -0.1) is 0 Å². The molecule has 0 bridgehead atoms. The van der Waals surface area contributed by atoms with E-state index in [2.05, 4.69) is 9.97 Å². The maximum absolute atomic E-state index is 11.2. The second kappa shape index (κ2) is 5.68. The summed E-state index contributed by atoms with van der Waals surface area (Å²) < 4.78 is 4.91. The van der Waals surface area contributed by atoms with E-state index in [0.717, 1.165) is 0 Å². The van der Waals surface area contributed by atoms with Crippen molar-refractivity contribution >= 4 is 17.0 Å². The number of nitrogens with two attached hydrogens (primary N) is 1. The first-order chi connectivity index (χ1) is 9.47. The number of hydrogen-bond donors (Lipinski definition) is 4. The first-order valence-electron chi connectivity index (χ1n) is 5.79. The van der Waals surface area contributed by atoms with Crippen molar-refractivity contribution in [1.29, 1.82) is 0 Å². The van der Waals surface area contributed by atoms with Crippen molar-refractivity contribution in [2.75, 3.05) is 13.2 Å². The Bertz CT molecular complexity index is 749. The summed E-state index contributed by atoms with van der Waals surface area (Å²) in [4.78, 5) is 37.6. The van der Waals surface area contributed by atoms with Gasteiger partial charge < -0.3 is 25.5 Å². The maximum atomic E-state index is 11.2. The molecule has 1 aromatic carbocycles. The molecule has 106 valence electrons. The van der Waals surface area contributed by atoms with Gasteiger partial charge in [-0.2, -0.15) is 0 Å². The summed E-state index contributed by atoms with van der Waals surface area (Å²) >= 11 is 0. The van der Waals surface area contributed by atoms with E-state index in [-0.39, 0.29) is 6.61 Å². The van der Waals surface area contributed by atoms with Gasteiger partial charge in [0.05, 0.1) is 23.7 Å². The number of hydrogen-bond acceptors (Lipinski definition) is 5. The lowest BCUT2D eigenvalue weighted by Crippen LogP contribution is -2.29. The van der Waals surface area contributed by atoms with E-state index in [0.29, 0.717) is 16.6 Å². The Labute approximate surface area is 112 Å². The fourth-order valence-electron chi connectivity index (χ4n) is 1.73. The van der Waals surface area contributed by atoms with Gasteiger partial charge >= 0.3 is 17.1 Å². The van der Waals surface area contributed by atoms with E-state index >= 15 is 0 Å². The minimum Gasteiger partial charge on any atom is -0.480 e. The molecule has 20 heavy (non-hydrogen) atoms. The van der Waals surface area contributed by atoms with E-state index in [9.17, 15) is 14.4 Å². The number of aromatic nitrogens is 2. The molecule has 0 fully saturated rings. The minimum absolute atomic E-state index is 0.0331. The summed E-state index contributed by atoms with van der Waals surface area (Å²) in [5, 5.41) is 8.46. The summed E-state index contributed by atoms with van der Waals surface area (Å²) in [7, 11) is 0. The number of aromatic amines is 2. The molecule has 1 aromatic heterocycles. The number of nitrogens with one attached hydrogen (secondary N) is 2. The second-order valence-electron chi connectivity index (χ2n) is 4.23. The van der Waals surface area contributed by atoms with E-state index < -0.39 is 29.7 Å². The zero-order chi connectivity index (χ0) is 14.7. The highest BCUT2D eigenvalue weighted by atomic mass is 16.5. The minimum atomic E-state index is -1.07. The number of carboxylic acid groups (broad SMARTS) is 1. The van der Waals surface area contributed by atoms with Gasteiger partial charge in [-0.05, 0) is 17.7 Å². The zero-order valence-corrected chi connectivity index (χ0v) is 10.4. The highest BCUT2D eigenvalue weighted by Gasteiger charge is 2.09. The monoisotopic (exact) mass is 279 g/mol. The molecule has 8 heteroatoms. The number of benzene rings is 1. The Hall–Kier alpha value is -2.45. The predicted octanol–water partition coefficient (Wildman–Crippen LogP) is -0.683. The fourth-order valence-corrected chi connectivity index (χ4v) is 1.73. The fraction of sp³-hybridized carbons (Fsp3) is 0.250. The first kappa shape index (κ1) is 14.0. The van der Waals surface area contributed by atoms with Crippen LogP contribution in [0.2, 0.25) is 0 Å². The Morgan fingerprint density at radius 3 is 2.55 bits per heavy atom. The third-order valence-corrected chi connectivity index (χ3v) is 2.70. The van der Waals surface area contributed by atoms with Gasteiger partial charge in [0.25, 0.3) is 0 Å². The van der Waals surface area contributed by atoms with Crippen LogP contribution < -0.4 is 16.9 Å². The van der Waals surface area contributed by atoms with Gasteiger partial charge in [-0.25, -0.2) is 4.79 Å². The third-order valence-electron chi connectivity index (χ3n) is 2.70. The number of fused-ring (bicyclic) bond motifs is 1. The van der Waals surface area contributed by atoms with Crippen molar-refractivity contribution in [2.45, 2.75) is 6.04 Å². The van der Waals surface area contributed by atoms with Crippen molar-refractivity contribution < 1.29 is 14.6 Å². The van der Waals surface area contributed by atoms with Gasteiger partial charge in [0.1, 0.15) is 6.61 Å². The van der Waals surface area contributed by atoms with E-state index in [1.807, 2.05) is 0 Å². The number of ether oxygens (including phenoxy) is 1. The molecule has 5 N–H and O–H groups in total. The maximum Gasteiger partial charge on any atom is 0.329 e. The molecular formula is C12H13N3O5. The average Bonchev–Trinajstić information content (AvgIpc) is 2.39. The summed E-state index contributed by atoms with van der Waals surface area (Å²) in [5.41, 5.74) is 5.98. The van der Waals surface area contributed by atoms with Crippen molar-refractivity contribution in [2.24, 2.45) is 5.73 Å². The zero-order valence-electron chi connectivity index (χ0n) is 10.4. The van der Waals surface area contributed by atoms with Crippen LogP contribution in [0.4, 0.5) is 0 Å². The molecule has 0 spiro atoms. The summed E-state index contributed by atoms with van der Waals surface area (Å²) in [6.07, 6.45) is 0. The van der Waals surface area contributed by atoms with Crippen LogP contribution in [0, 0.1) is 0 Å². The Kier molecular flexibility index (Phi) is 3.97. The lowest BCUT2D eigenvalue weighted by molar-refractivity contribution is -0.142. The largest absolute Gasteiger partial charge is 0.480 e. The van der Waals surface area contributed by atoms with E-state index in [1.54, 1.807) is 18.2 Å². The highest BCUT2D eigenvalue weighted by molar-refractivity contribution is 5.74. The molecule has 0 saturated carbocycles. The number of H-pyrrole nitrogens is 2. The predicted molar refractivity (Wildman–Crippen MR) is 70.6 cm³/mol. The van der Waals surface area contributed by atoms with Crippen LogP contribution in [0.15, 0.2) is 27.8 Å². The van der Waals surface area contributed by atoms with Crippen LogP contribution in [0.1, 0.15) is 11.6 Å². The Morgan fingerprint density at radius 1 is 1.25 bits per heavy atom. The van der Waals surface area contributed by atoms with Crippen LogP contribution >= 0.6 is 0 Å². The molecule has 0 aliphatic heterocycles. The molecule has 0 aliphatic rings. The van der Waals surface area contributed by atoms with Crippen LogP contribution in [0.3, 0.4) is 0 Å². The second-order valence-corrected chi connectivity index (χ2v) is 4.23. The van der Waals surface area contributed by atoms with Crippen LogP contribution in [-0.2, 0) is 9.53 Å². The lowest BCUT2D eigenvalue weighted by atomic mass is 10.1. The van der Waals surface area contributed by atoms with Gasteiger partial charge in [-0.1, -0.05) is 6.07 Å². The number of carbonyl (C=O) groups is 1. The topological polar surface area (TPSA) is 138 Å². The molecule has 0 saturated heterocycles. The quantitative estimate of drug-likeness (QED) is 0.535. The summed E-state index contributed by atoms with van der Waals surface area (Å²) in [6, 6.07) is 4.36. The van der Waals surface area contributed by atoms with Crippen molar-refractivity contribution in [3.8, 4) is 0 Å². The van der Waals surface area contributed by atoms with Crippen molar-refractivity contribution in [3.63, 3.8) is 0 Å².